The van der Waals surface area contributed by atoms with Gasteiger partial charge in [-0.15, -0.1) is 0 Å². The maximum Gasteiger partial charge on any atom is 0.501 e. The normalized spacial score (nSPS) is 12.2. The largest absolute Gasteiger partial charge is 0.501 e. The van der Waals surface area contributed by atoms with E-state index in [1.54, 1.807) is 0 Å². The Labute approximate surface area is 112 Å². The Morgan fingerprint density at radius 2 is 1.95 bits per heavy atom. The monoisotopic (exact) mass is 312 g/mol. The molecule has 0 fully saturated rings. The molecule has 112 valence electrons. The second kappa shape index (κ2) is 5.19. The third-order valence-corrected chi connectivity index (χ3v) is 4.00. The fourth-order valence-electron chi connectivity index (χ4n) is 1.43. The van der Waals surface area contributed by atoms with E-state index in [4.69, 9.17) is 10.8 Å². The number of amides is 1. The Balaban J connectivity index is 3.39. The number of sulfone groups is 1. The first-order valence-electron chi connectivity index (χ1n) is 5.10. The van der Waals surface area contributed by atoms with E-state index < -0.39 is 32.9 Å². The van der Waals surface area contributed by atoms with Crippen LogP contribution in [0.15, 0.2) is 23.1 Å². The molecule has 0 aromatic heterocycles. The fraction of sp³-hybridized carbons (Fsp3) is 0.300. The number of halogens is 3. The molecule has 1 rings (SSSR count). The number of rotatable bonds is 3. The fourth-order valence-corrected chi connectivity index (χ4v) is 2.40. The van der Waals surface area contributed by atoms with Gasteiger partial charge in [0.2, 0.25) is 0 Å². The second-order valence-electron chi connectivity index (χ2n) is 3.95. The van der Waals surface area contributed by atoms with Crippen LogP contribution in [0.4, 0.5) is 23.7 Å². The summed E-state index contributed by atoms with van der Waals surface area (Å²) in [5.41, 5.74) is -0.396. The first kappa shape index (κ1) is 16.1. The molecule has 0 saturated heterocycles. The topological polar surface area (TPSA) is 101 Å². The average molecular weight is 312 g/mol. The lowest BCUT2D eigenvalue weighted by atomic mass is 10.2. The van der Waals surface area contributed by atoms with Gasteiger partial charge in [-0.25, -0.2) is 13.2 Å². The molecule has 1 aromatic carbocycles. The van der Waals surface area contributed by atoms with E-state index >= 15 is 0 Å². The highest BCUT2D eigenvalue weighted by Crippen LogP contribution is 2.33. The zero-order valence-corrected chi connectivity index (χ0v) is 11.0. The number of nitrogens with zero attached hydrogens (tertiary/aromatic N) is 1. The average Bonchev–Trinajstić information content (AvgIpc) is 2.26. The van der Waals surface area contributed by atoms with Crippen molar-refractivity contribution in [2.45, 2.75) is 16.9 Å². The number of anilines is 1. The van der Waals surface area contributed by atoms with Gasteiger partial charge in [-0.1, -0.05) is 0 Å². The molecule has 0 atom stereocenters. The smallest absolute Gasteiger partial charge is 0.465 e. The molecule has 0 aliphatic carbocycles. The number of carboxylic acid groups (broad SMARTS) is 1. The molecule has 0 unspecified atom stereocenters. The van der Waals surface area contributed by atoms with Crippen LogP contribution in [0.25, 0.3) is 0 Å². The molecule has 3 N–H and O–H groups in total. The minimum absolute atomic E-state index is 0.0277. The molecule has 0 radical (unpaired) electrons. The predicted octanol–water partition coefficient (Wildman–Crippen LogP) is 1.67. The molecule has 0 spiro atoms. The molecule has 10 heteroatoms. The van der Waals surface area contributed by atoms with Gasteiger partial charge in [0.1, 0.15) is 0 Å². The van der Waals surface area contributed by atoms with Crippen molar-refractivity contribution in [3.05, 3.63) is 23.8 Å². The van der Waals surface area contributed by atoms with Crippen molar-refractivity contribution < 1.29 is 31.5 Å². The molecule has 0 aliphatic rings. The third-order valence-electron chi connectivity index (χ3n) is 2.41. The summed E-state index contributed by atoms with van der Waals surface area (Å²) in [6.07, 6.45) is -1.41. The van der Waals surface area contributed by atoms with Crippen LogP contribution in [0.1, 0.15) is 5.56 Å². The molecule has 0 bridgehead atoms. The second-order valence-corrected chi connectivity index (χ2v) is 5.86. The first-order chi connectivity index (χ1) is 8.96. The summed E-state index contributed by atoms with van der Waals surface area (Å²) < 4.78 is 60.5. The maximum atomic E-state index is 12.5. The molecule has 0 heterocycles. The van der Waals surface area contributed by atoms with Crippen molar-refractivity contribution in [3.63, 3.8) is 0 Å². The Hall–Kier alpha value is -1.97. The number of benzene rings is 1. The van der Waals surface area contributed by atoms with Crippen LogP contribution in [0.5, 0.6) is 0 Å². The Morgan fingerprint density at radius 1 is 1.40 bits per heavy atom. The minimum Gasteiger partial charge on any atom is -0.465 e. The van der Waals surface area contributed by atoms with Crippen LogP contribution < -0.4 is 5.73 Å². The van der Waals surface area contributed by atoms with Crippen molar-refractivity contribution >= 4 is 21.6 Å². The number of nitrogens with two attached hydrogens (primary N) is 1. The quantitative estimate of drug-likeness (QED) is 0.827. The molecule has 0 aliphatic heterocycles. The van der Waals surface area contributed by atoms with Crippen molar-refractivity contribution in [2.75, 3.05) is 12.8 Å². The predicted molar refractivity (Wildman–Crippen MR) is 63.6 cm³/mol. The van der Waals surface area contributed by atoms with Crippen LogP contribution in [-0.4, -0.2) is 37.1 Å². The number of alkyl halides is 3. The first-order valence-corrected chi connectivity index (χ1v) is 6.59. The van der Waals surface area contributed by atoms with Crippen molar-refractivity contribution in [2.24, 2.45) is 0 Å². The summed E-state index contributed by atoms with van der Waals surface area (Å²) in [7, 11) is -4.48. The SMILES string of the molecule is CN(Cc1cc(N)ccc1S(=O)(=O)C(F)(F)F)C(=O)O. The summed E-state index contributed by atoms with van der Waals surface area (Å²) in [6, 6.07) is 2.71. The van der Waals surface area contributed by atoms with Crippen molar-refractivity contribution in [3.8, 4) is 0 Å². The number of carbonyl (C=O) groups is 1. The summed E-state index contributed by atoms with van der Waals surface area (Å²) in [6.45, 7) is -0.537. The Kier molecular flexibility index (Phi) is 4.18. The lowest BCUT2D eigenvalue weighted by Crippen LogP contribution is -2.28. The standard InChI is InChI=1S/C10H11F3N2O4S/c1-15(9(16)17)5-6-4-7(14)2-3-8(6)20(18,19)10(11,12)13/h2-4H,5,14H2,1H3,(H,16,17). The van der Waals surface area contributed by atoms with Gasteiger partial charge >= 0.3 is 11.6 Å². The van der Waals surface area contributed by atoms with E-state index in [9.17, 15) is 26.4 Å². The summed E-state index contributed by atoms with van der Waals surface area (Å²) in [5, 5.41) is 8.69. The molecular weight excluding hydrogens is 301 g/mol. The number of nitrogen functional groups attached to an aromatic ring is 1. The molecule has 20 heavy (non-hydrogen) atoms. The molecule has 1 amide bonds. The van der Waals surface area contributed by atoms with E-state index in [1.165, 1.54) is 0 Å². The number of hydrogen-bond donors (Lipinski definition) is 2. The zero-order valence-electron chi connectivity index (χ0n) is 10.2. The van der Waals surface area contributed by atoms with Gasteiger partial charge < -0.3 is 15.7 Å². The lowest BCUT2D eigenvalue weighted by Gasteiger charge is -2.17. The van der Waals surface area contributed by atoms with E-state index in [0.29, 0.717) is 11.0 Å². The van der Waals surface area contributed by atoms with Gasteiger partial charge in [0, 0.05) is 12.7 Å². The molecule has 0 saturated carbocycles. The van der Waals surface area contributed by atoms with Gasteiger partial charge in [-0.3, -0.25) is 0 Å². The highest BCUT2D eigenvalue weighted by atomic mass is 32.2. The van der Waals surface area contributed by atoms with Crippen molar-refractivity contribution in [1.29, 1.82) is 0 Å². The van der Waals surface area contributed by atoms with Crippen LogP contribution in [0.3, 0.4) is 0 Å². The Bertz CT molecular complexity index is 628. The van der Waals surface area contributed by atoms with Gasteiger partial charge in [0.05, 0.1) is 11.4 Å². The van der Waals surface area contributed by atoms with Gasteiger partial charge in [-0.2, -0.15) is 13.2 Å². The van der Waals surface area contributed by atoms with E-state index in [-0.39, 0.29) is 11.3 Å². The zero-order chi connectivity index (χ0) is 15.7. The highest BCUT2D eigenvalue weighted by Gasteiger charge is 2.47. The van der Waals surface area contributed by atoms with Gasteiger partial charge in [0.15, 0.2) is 0 Å². The van der Waals surface area contributed by atoms with E-state index in [1.807, 2.05) is 0 Å². The van der Waals surface area contributed by atoms with E-state index in [0.717, 1.165) is 19.2 Å². The number of hydrogen-bond acceptors (Lipinski definition) is 4. The van der Waals surface area contributed by atoms with Crippen LogP contribution in [0, 0.1) is 0 Å². The van der Waals surface area contributed by atoms with Crippen LogP contribution in [-0.2, 0) is 16.4 Å². The van der Waals surface area contributed by atoms with Gasteiger partial charge in [-0.05, 0) is 23.8 Å². The molecule has 1 aromatic rings. The van der Waals surface area contributed by atoms with Gasteiger partial charge in [0.25, 0.3) is 9.84 Å². The molecular formula is C10H11F3N2O4S. The third kappa shape index (κ3) is 3.13. The highest BCUT2D eigenvalue weighted by molar-refractivity contribution is 7.92. The van der Waals surface area contributed by atoms with E-state index in [2.05, 4.69) is 0 Å². The summed E-state index contributed by atoms with van der Waals surface area (Å²) in [4.78, 5) is 10.3. The maximum absolute atomic E-state index is 12.5. The van der Waals surface area contributed by atoms with Crippen LogP contribution in [0.2, 0.25) is 0 Å². The summed E-state index contributed by atoms with van der Waals surface area (Å²) in [5.74, 6) is 0. The Morgan fingerprint density at radius 3 is 2.40 bits per heavy atom. The van der Waals surface area contributed by atoms with Crippen molar-refractivity contribution in [1.82, 2.24) is 4.90 Å². The molecule has 6 nitrogen and oxygen atoms in total. The minimum atomic E-state index is -5.57. The summed E-state index contributed by atoms with van der Waals surface area (Å²) >= 11 is 0. The van der Waals surface area contributed by atoms with Crippen LogP contribution >= 0.6 is 0 Å². The lowest BCUT2D eigenvalue weighted by molar-refractivity contribution is -0.0436.